The van der Waals surface area contributed by atoms with Crippen molar-refractivity contribution in [2.45, 2.75) is 45.1 Å². The van der Waals surface area contributed by atoms with Crippen LogP contribution >= 0.6 is 0 Å². The van der Waals surface area contributed by atoms with Crippen molar-refractivity contribution in [2.24, 2.45) is 5.92 Å². The van der Waals surface area contributed by atoms with E-state index in [9.17, 15) is 17.6 Å². The fraction of sp³-hybridized carbons (Fsp3) is 1.00. The summed E-state index contributed by atoms with van der Waals surface area (Å²) in [7, 11) is 1.71. The van der Waals surface area contributed by atoms with Crippen LogP contribution in [0.3, 0.4) is 0 Å². The van der Waals surface area contributed by atoms with Crippen LogP contribution < -0.4 is 5.32 Å². The van der Waals surface area contributed by atoms with Gasteiger partial charge in [0.1, 0.15) is 6.61 Å². The Morgan fingerprint density at radius 1 is 1.18 bits per heavy atom. The van der Waals surface area contributed by atoms with Crippen molar-refractivity contribution in [3.05, 3.63) is 0 Å². The quantitative estimate of drug-likeness (QED) is 0.643. The van der Waals surface area contributed by atoms with E-state index < -0.39 is 19.0 Å². The van der Waals surface area contributed by atoms with Gasteiger partial charge in [0.25, 0.3) is 0 Å². The first kappa shape index (κ1) is 16.6. The summed E-state index contributed by atoms with van der Waals surface area (Å²) in [5, 5.41) is 2.96. The number of likely N-dealkylation sites (N-methyl/N-ethyl adjacent to an activating group) is 1. The highest BCUT2D eigenvalue weighted by molar-refractivity contribution is 4.74. The van der Waals surface area contributed by atoms with Crippen molar-refractivity contribution in [3.63, 3.8) is 0 Å². The molecule has 0 saturated carbocycles. The van der Waals surface area contributed by atoms with E-state index in [2.05, 4.69) is 5.32 Å². The fourth-order valence-electron chi connectivity index (χ4n) is 1.70. The van der Waals surface area contributed by atoms with Gasteiger partial charge in [-0.3, -0.25) is 0 Å². The van der Waals surface area contributed by atoms with Gasteiger partial charge in [-0.15, -0.1) is 0 Å². The molecule has 0 bridgehead atoms. The Morgan fingerprint density at radius 3 is 2.06 bits per heavy atom. The Bertz CT molecular complexity index is 198. The van der Waals surface area contributed by atoms with Crippen molar-refractivity contribution in [2.75, 3.05) is 20.3 Å². The SMILES string of the molecule is CCC(CC)C(COCC(F)(F)C(F)F)NC. The molecule has 0 aliphatic heterocycles. The average molecular weight is 259 g/mol. The van der Waals surface area contributed by atoms with Gasteiger partial charge in [0.2, 0.25) is 0 Å². The highest BCUT2D eigenvalue weighted by atomic mass is 19.3. The van der Waals surface area contributed by atoms with Crippen LogP contribution in [0, 0.1) is 5.92 Å². The predicted molar refractivity (Wildman–Crippen MR) is 58.7 cm³/mol. The first-order chi connectivity index (χ1) is 7.88. The van der Waals surface area contributed by atoms with E-state index in [0.717, 1.165) is 12.8 Å². The molecule has 104 valence electrons. The van der Waals surface area contributed by atoms with Crippen molar-refractivity contribution in [1.82, 2.24) is 5.32 Å². The fourth-order valence-corrected chi connectivity index (χ4v) is 1.70. The van der Waals surface area contributed by atoms with Crippen LogP contribution in [0.1, 0.15) is 26.7 Å². The first-order valence-corrected chi connectivity index (χ1v) is 5.79. The Morgan fingerprint density at radius 2 is 1.71 bits per heavy atom. The van der Waals surface area contributed by atoms with Gasteiger partial charge >= 0.3 is 12.3 Å². The van der Waals surface area contributed by atoms with E-state index in [-0.39, 0.29) is 12.6 Å². The van der Waals surface area contributed by atoms with Gasteiger partial charge in [-0.1, -0.05) is 26.7 Å². The van der Waals surface area contributed by atoms with Crippen LogP contribution in [0.5, 0.6) is 0 Å². The molecule has 0 heterocycles. The lowest BCUT2D eigenvalue weighted by molar-refractivity contribution is -0.167. The first-order valence-electron chi connectivity index (χ1n) is 5.79. The minimum absolute atomic E-state index is 0.0190. The lowest BCUT2D eigenvalue weighted by atomic mass is 9.95. The third-order valence-electron chi connectivity index (χ3n) is 2.90. The highest BCUT2D eigenvalue weighted by Crippen LogP contribution is 2.23. The number of halogens is 4. The smallest absolute Gasteiger partial charge is 0.330 e. The second-order valence-electron chi connectivity index (χ2n) is 4.05. The maximum Gasteiger partial charge on any atom is 0.330 e. The van der Waals surface area contributed by atoms with Gasteiger partial charge in [0.05, 0.1) is 6.61 Å². The molecule has 0 radical (unpaired) electrons. The number of hydrogen-bond acceptors (Lipinski definition) is 2. The minimum atomic E-state index is -4.06. The molecule has 6 heteroatoms. The molecule has 0 aromatic heterocycles. The lowest BCUT2D eigenvalue weighted by Crippen LogP contribution is -2.40. The summed E-state index contributed by atoms with van der Waals surface area (Å²) < 4.78 is 53.6. The second kappa shape index (κ2) is 7.87. The summed E-state index contributed by atoms with van der Waals surface area (Å²) in [5.41, 5.74) is 0. The van der Waals surface area contributed by atoms with Gasteiger partial charge in [-0.25, -0.2) is 8.78 Å². The van der Waals surface area contributed by atoms with E-state index in [0.29, 0.717) is 5.92 Å². The van der Waals surface area contributed by atoms with E-state index in [1.165, 1.54) is 0 Å². The van der Waals surface area contributed by atoms with E-state index in [1.807, 2.05) is 13.8 Å². The zero-order valence-corrected chi connectivity index (χ0v) is 10.5. The van der Waals surface area contributed by atoms with Crippen molar-refractivity contribution in [1.29, 1.82) is 0 Å². The van der Waals surface area contributed by atoms with Gasteiger partial charge in [0.15, 0.2) is 0 Å². The number of alkyl halides is 4. The molecule has 0 saturated heterocycles. The minimum Gasteiger partial charge on any atom is -0.373 e. The van der Waals surface area contributed by atoms with E-state index >= 15 is 0 Å². The van der Waals surface area contributed by atoms with Crippen molar-refractivity contribution in [3.8, 4) is 0 Å². The molecule has 17 heavy (non-hydrogen) atoms. The van der Waals surface area contributed by atoms with Crippen molar-refractivity contribution < 1.29 is 22.3 Å². The van der Waals surface area contributed by atoms with Gasteiger partial charge in [0, 0.05) is 6.04 Å². The molecule has 0 aromatic rings. The Balaban J connectivity index is 4.08. The van der Waals surface area contributed by atoms with Gasteiger partial charge < -0.3 is 10.1 Å². The van der Waals surface area contributed by atoms with Crippen LogP contribution in [0.2, 0.25) is 0 Å². The molecule has 0 rings (SSSR count). The van der Waals surface area contributed by atoms with Crippen LogP contribution in [-0.4, -0.2) is 38.7 Å². The van der Waals surface area contributed by atoms with Crippen LogP contribution in [0.4, 0.5) is 17.6 Å². The number of nitrogens with one attached hydrogen (secondary N) is 1. The third kappa shape index (κ3) is 5.68. The number of hydrogen-bond donors (Lipinski definition) is 1. The summed E-state index contributed by atoms with van der Waals surface area (Å²) in [6.07, 6.45) is -1.91. The summed E-state index contributed by atoms with van der Waals surface area (Å²) >= 11 is 0. The third-order valence-corrected chi connectivity index (χ3v) is 2.90. The summed E-state index contributed by atoms with van der Waals surface area (Å²) in [6.45, 7) is 2.77. The zero-order chi connectivity index (χ0) is 13.5. The molecule has 2 nitrogen and oxygen atoms in total. The Labute approximate surface area is 99.7 Å². The second-order valence-corrected chi connectivity index (χ2v) is 4.05. The Kier molecular flexibility index (Phi) is 7.70. The molecular formula is C11H21F4NO. The number of ether oxygens (including phenoxy) is 1. The molecule has 0 spiro atoms. The molecule has 0 fully saturated rings. The van der Waals surface area contributed by atoms with Crippen molar-refractivity contribution >= 4 is 0 Å². The standard InChI is InChI=1S/C11H21F4NO/c1-4-8(5-2)9(16-3)6-17-7-11(14,15)10(12)13/h8-10,16H,4-7H2,1-3H3. The molecule has 0 aliphatic carbocycles. The summed E-state index contributed by atoms with van der Waals surface area (Å²) in [5.74, 6) is -3.77. The molecule has 1 N–H and O–H groups in total. The predicted octanol–water partition coefficient (Wildman–Crippen LogP) is 2.93. The highest BCUT2D eigenvalue weighted by Gasteiger charge is 2.41. The maximum absolute atomic E-state index is 12.6. The normalized spacial score (nSPS) is 14.6. The topological polar surface area (TPSA) is 21.3 Å². The molecular weight excluding hydrogens is 238 g/mol. The van der Waals surface area contributed by atoms with Gasteiger partial charge in [-0.2, -0.15) is 8.78 Å². The molecule has 0 aliphatic rings. The van der Waals surface area contributed by atoms with Gasteiger partial charge in [-0.05, 0) is 13.0 Å². The van der Waals surface area contributed by atoms with E-state index in [1.54, 1.807) is 7.05 Å². The molecule has 1 unspecified atom stereocenters. The monoisotopic (exact) mass is 259 g/mol. The maximum atomic E-state index is 12.6. The van der Waals surface area contributed by atoms with Crippen LogP contribution in [0.25, 0.3) is 0 Å². The van der Waals surface area contributed by atoms with Crippen LogP contribution in [0.15, 0.2) is 0 Å². The molecule has 1 atom stereocenters. The summed E-state index contributed by atoms with van der Waals surface area (Å²) in [6, 6.07) is -0.0847. The largest absolute Gasteiger partial charge is 0.373 e. The van der Waals surface area contributed by atoms with Crippen LogP contribution in [-0.2, 0) is 4.74 Å². The average Bonchev–Trinajstić information content (AvgIpc) is 2.28. The lowest BCUT2D eigenvalue weighted by Gasteiger charge is -2.25. The Hall–Kier alpha value is -0.360. The zero-order valence-electron chi connectivity index (χ0n) is 10.5. The summed E-state index contributed by atoms with van der Waals surface area (Å²) in [4.78, 5) is 0. The molecule has 0 amide bonds. The molecule has 0 aromatic carbocycles. The van der Waals surface area contributed by atoms with E-state index in [4.69, 9.17) is 4.74 Å². The number of rotatable bonds is 9.